The molecule has 2 heterocycles. The fraction of sp³-hybridized carbons (Fsp3) is 0.455. The summed E-state index contributed by atoms with van der Waals surface area (Å²) in [5, 5.41) is 21.2. The van der Waals surface area contributed by atoms with Gasteiger partial charge in [0, 0.05) is 23.4 Å². The van der Waals surface area contributed by atoms with Crippen LogP contribution in [0.1, 0.15) is 43.5 Å². The van der Waals surface area contributed by atoms with Crippen LogP contribution in [0.2, 0.25) is 0 Å². The van der Waals surface area contributed by atoms with Crippen LogP contribution in [0, 0.1) is 11.6 Å². The number of rotatable bonds is 7. The van der Waals surface area contributed by atoms with Crippen LogP contribution in [0.15, 0.2) is 30.5 Å². The first kappa shape index (κ1) is 25.8. The number of hydrogen-bond donors (Lipinski definition) is 3. The zero-order chi connectivity index (χ0) is 25.3. The fourth-order valence-electron chi connectivity index (χ4n) is 3.77. The maximum absolute atomic E-state index is 14.4. The predicted molar refractivity (Wildman–Crippen MR) is 109 cm³/mol. The van der Waals surface area contributed by atoms with E-state index < -0.39 is 66.2 Å². The summed E-state index contributed by atoms with van der Waals surface area (Å²) in [6, 6.07) is 4.37. The van der Waals surface area contributed by atoms with Crippen molar-refractivity contribution in [3.05, 3.63) is 53.4 Å². The second-order valence-corrected chi connectivity index (χ2v) is 7.95. The Bertz CT molecular complexity index is 1050. The molecule has 0 radical (unpaired) electrons. The summed E-state index contributed by atoms with van der Waals surface area (Å²) in [7, 11) is 0. The molecule has 1 aromatic carbocycles. The number of amides is 1. The molecule has 0 aliphatic carbocycles. The van der Waals surface area contributed by atoms with Gasteiger partial charge in [-0.05, 0) is 38.5 Å². The minimum atomic E-state index is -4.86. The highest BCUT2D eigenvalue weighted by Crippen LogP contribution is 2.51. The van der Waals surface area contributed by atoms with E-state index in [9.17, 15) is 31.9 Å². The Balaban J connectivity index is 2.00. The second kappa shape index (κ2) is 9.80. The van der Waals surface area contributed by atoms with Crippen LogP contribution < -0.4 is 10.1 Å². The number of nitrogens with one attached hydrogen (secondary N) is 1. The van der Waals surface area contributed by atoms with Crippen molar-refractivity contribution >= 4 is 11.6 Å². The number of carbonyl (C=O) groups is 1. The Morgan fingerprint density at radius 3 is 2.68 bits per heavy atom. The molecule has 1 fully saturated rings. The van der Waals surface area contributed by atoms with Gasteiger partial charge in [0.2, 0.25) is 5.82 Å². The number of aromatic nitrogens is 1. The van der Waals surface area contributed by atoms with E-state index in [0.29, 0.717) is 0 Å². The van der Waals surface area contributed by atoms with Crippen molar-refractivity contribution in [3.8, 4) is 5.75 Å². The van der Waals surface area contributed by atoms with Crippen LogP contribution in [0.4, 0.5) is 27.6 Å². The fourth-order valence-corrected chi connectivity index (χ4v) is 3.77. The van der Waals surface area contributed by atoms with Crippen molar-refractivity contribution in [3.63, 3.8) is 0 Å². The monoisotopic (exact) mass is 490 g/mol. The molecule has 1 aromatic heterocycles. The van der Waals surface area contributed by atoms with E-state index in [2.05, 4.69) is 10.3 Å². The number of pyridine rings is 1. The predicted octanol–water partition coefficient (Wildman–Crippen LogP) is 3.62. The molecule has 186 valence electrons. The van der Waals surface area contributed by atoms with Crippen molar-refractivity contribution in [2.45, 2.75) is 50.2 Å². The van der Waals surface area contributed by atoms with E-state index in [0.717, 1.165) is 19.1 Å². The summed E-state index contributed by atoms with van der Waals surface area (Å²) >= 11 is 0. The lowest BCUT2D eigenvalue weighted by Crippen LogP contribution is -2.43. The molecule has 1 aliphatic rings. The van der Waals surface area contributed by atoms with Gasteiger partial charge in [-0.15, -0.1) is 0 Å². The number of ether oxygens (including phenoxy) is 2. The van der Waals surface area contributed by atoms with Gasteiger partial charge < -0.3 is 25.0 Å². The standard InChI is InChI=1S/C22H23F5N2O5/c1-3-33-18-12(4-5-14(23)17(18)24)13-9-21(2,22(25,26)27)34-19(13)20(32)29-11-6-7-28-15(8-11)16(31)10-30/h4-8,13,16,19,30-31H,3,9-10H2,1-2H3,(H,28,29,32)/t13-,16+,19+,21+/m0/s1. The zero-order valence-corrected chi connectivity index (χ0v) is 18.2. The highest BCUT2D eigenvalue weighted by Gasteiger charge is 2.61. The number of aliphatic hydroxyl groups is 2. The Labute approximate surface area is 191 Å². The van der Waals surface area contributed by atoms with Gasteiger partial charge in [-0.25, -0.2) is 4.39 Å². The molecule has 1 saturated heterocycles. The first-order valence-corrected chi connectivity index (χ1v) is 10.3. The van der Waals surface area contributed by atoms with Crippen molar-refractivity contribution in [2.75, 3.05) is 18.5 Å². The summed E-state index contributed by atoms with van der Waals surface area (Å²) < 4.78 is 80.0. The summed E-state index contributed by atoms with van der Waals surface area (Å²) in [6.07, 6.45) is -7.46. The molecule has 3 rings (SSSR count). The Hall–Kier alpha value is -2.83. The Morgan fingerprint density at radius 1 is 1.35 bits per heavy atom. The number of anilines is 1. The van der Waals surface area contributed by atoms with E-state index in [1.54, 1.807) is 0 Å². The van der Waals surface area contributed by atoms with Crippen molar-refractivity contribution in [1.29, 1.82) is 0 Å². The van der Waals surface area contributed by atoms with Gasteiger partial charge in [-0.3, -0.25) is 9.78 Å². The highest BCUT2D eigenvalue weighted by atomic mass is 19.4. The molecule has 0 unspecified atom stereocenters. The number of alkyl halides is 3. The summed E-state index contributed by atoms with van der Waals surface area (Å²) in [4.78, 5) is 16.9. The maximum atomic E-state index is 14.4. The molecule has 7 nitrogen and oxygen atoms in total. The zero-order valence-electron chi connectivity index (χ0n) is 18.2. The number of nitrogens with zero attached hydrogens (tertiary/aromatic N) is 1. The maximum Gasteiger partial charge on any atom is 0.417 e. The highest BCUT2D eigenvalue weighted by molar-refractivity contribution is 5.95. The smallest absolute Gasteiger partial charge is 0.417 e. The van der Waals surface area contributed by atoms with Crippen LogP contribution >= 0.6 is 0 Å². The van der Waals surface area contributed by atoms with Gasteiger partial charge in [0.05, 0.1) is 18.9 Å². The normalized spacial score (nSPS) is 23.6. The Kier molecular flexibility index (Phi) is 7.44. The van der Waals surface area contributed by atoms with E-state index in [4.69, 9.17) is 14.6 Å². The molecule has 2 aromatic rings. The third-order valence-corrected chi connectivity index (χ3v) is 5.55. The quantitative estimate of drug-likeness (QED) is 0.513. The van der Waals surface area contributed by atoms with Crippen molar-refractivity contribution < 1.29 is 46.4 Å². The number of halogens is 5. The van der Waals surface area contributed by atoms with Gasteiger partial charge in [-0.2, -0.15) is 17.6 Å². The summed E-state index contributed by atoms with van der Waals surface area (Å²) in [5.41, 5.74) is -2.80. The largest absolute Gasteiger partial charge is 0.490 e. The van der Waals surface area contributed by atoms with Gasteiger partial charge in [0.1, 0.15) is 12.2 Å². The van der Waals surface area contributed by atoms with Crippen molar-refractivity contribution in [2.24, 2.45) is 0 Å². The van der Waals surface area contributed by atoms with E-state index in [1.807, 2.05) is 0 Å². The minimum Gasteiger partial charge on any atom is -0.490 e. The molecular weight excluding hydrogens is 467 g/mol. The number of hydrogen-bond acceptors (Lipinski definition) is 6. The number of carbonyl (C=O) groups excluding carboxylic acids is 1. The van der Waals surface area contributed by atoms with Crippen molar-refractivity contribution in [1.82, 2.24) is 4.98 Å². The Morgan fingerprint density at radius 2 is 2.06 bits per heavy atom. The average molecular weight is 490 g/mol. The van der Waals surface area contributed by atoms with E-state index in [1.165, 1.54) is 25.3 Å². The van der Waals surface area contributed by atoms with Gasteiger partial charge in [0.15, 0.2) is 17.2 Å². The van der Waals surface area contributed by atoms with E-state index in [-0.39, 0.29) is 23.6 Å². The molecular formula is C22H23F5N2O5. The molecule has 3 N–H and O–H groups in total. The van der Waals surface area contributed by atoms with Gasteiger partial charge in [0.25, 0.3) is 5.91 Å². The lowest BCUT2D eigenvalue weighted by molar-refractivity contribution is -0.261. The number of benzene rings is 1. The van der Waals surface area contributed by atoms with Gasteiger partial charge >= 0.3 is 6.18 Å². The second-order valence-electron chi connectivity index (χ2n) is 7.95. The molecule has 4 atom stereocenters. The molecule has 12 heteroatoms. The van der Waals surface area contributed by atoms with Crippen LogP contribution in [-0.4, -0.2) is 52.2 Å². The van der Waals surface area contributed by atoms with Crippen LogP contribution in [0.25, 0.3) is 0 Å². The van der Waals surface area contributed by atoms with Crippen LogP contribution in [0.5, 0.6) is 5.75 Å². The first-order valence-electron chi connectivity index (χ1n) is 10.3. The molecule has 34 heavy (non-hydrogen) atoms. The first-order chi connectivity index (χ1) is 15.9. The van der Waals surface area contributed by atoms with Crippen LogP contribution in [-0.2, 0) is 9.53 Å². The molecule has 0 saturated carbocycles. The van der Waals surface area contributed by atoms with Gasteiger partial charge in [-0.1, -0.05) is 6.07 Å². The third-order valence-electron chi connectivity index (χ3n) is 5.55. The average Bonchev–Trinajstić information content (AvgIpc) is 3.16. The topological polar surface area (TPSA) is 101 Å². The molecule has 1 aliphatic heterocycles. The third kappa shape index (κ3) is 4.98. The lowest BCUT2D eigenvalue weighted by Gasteiger charge is -2.27. The number of aliphatic hydroxyl groups excluding tert-OH is 2. The van der Waals surface area contributed by atoms with E-state index >= 15 is 0 Å². The SMILES string of the molecule is CCOc1c([C@@H]2C[C@](C)(C(F)(F)F)O[C@H]2C(=O)Nc2ccnc([C@H](O)CO)c2)ccc(F)c1F. The summed E-state index contributed by atoms with van der Waals surface area (Å²) in [6.45, 7) is 1.53. The molecule has 0 spiro atoms. The minimum absolute atomic E-state index is 0.0172. The molecule has 1 amide bonds. The van der Waals surface area contributed by atoms with Crippen LogP contribution in [0.3, 0.4) is 0 Å². The lowest BCUT2D eigenvalue weighted by atomic mass is 9.85. The summed E-state index contributed by atoms with van der Waals surface area (Å²) in [5.74, 6) is -5.53. The molecule has 0 bridgehead atoms.